The van der Waals surface area contributed by atoms with Crippen molar-refractivity contribution in [2.75, 3.05) is 0 Å². The number of nitrogens with zero attached hydrogens (tertiary/aromatic N) is 3. The summed E-state index contributed by atoms with van der Waals surface area (Å²) in [5.74, 6) is 1.25. The van der Waals surface area contributed by atoms with E-state index in [1.54, 1.807) is 6.07 Å². The van der Waals surface area contributed by atoms with Gasteiger partial charge < -0.3 is 4.74 Å². The second-order valence-corrected chi connectivity index (χ2v) is 9.03. The van der Waals surface area contributed by atoms with Crippen molar-refractivity contribution >= 4 is 40.1 Å². The molecule has 5 aromatic rings. The van der Waals surface area contributed by atoms with Gasteiger partial charge in [-0.15, -0.1) is 5.10 Å². The van der Waals surface area contributed by atoms with Gasteiger partial charge in [-0.3, -0.25) is 4.79 Å². The Bertz CT molecular complexity index is 1640. The molecule has 33 heavy (non-hydrogen) atoms. The summed E-state index contributed by atoms with van der Waals surface area (Å²) >= 11 is 7.58. The quantitative estimate of drug-likeness (QED) is 0.365. The molecule has 0 bridgehead atoms. The number of ether oxygens (including phenoxy) is 1. The number of aromatic nitrogens is 3. The van der Waals surface area contributed by atoms with Gasteiger partial charge in [-0.1, -0.05) is 83.6 Å². The largest absolute Gasteiger partial charge is 0.480 e. The number of halogens is 1. The Kier molecular flexibility index (Phi) is 4.82. The number of hydrogen-bond acceptors (Lipinski definition) is 5. The molecule has 7 heteroatoms. The highest BCUT2D eigenvalue weighted by Crippen LogP contribution is 2.37. The Labute approximate surface area is 197 Å². The number of benzene rings is 3. The molecule has 1 aliphatic heterocycles. The summed E-state index contributed by atoms with van der Waals surface area (Å²) in [6.07, 6.45) is 3.63. The molecule has 1 unspecified atom stereocenters. The van der Waals surface area contributed by atoms with Crippen LogP contribution in [-0.4, -0.2) is 14.6 Å². The Morgan fingerprint density at radius 1 is 0.970 bits per heavy atom. The van der Waals surface area contributed by atoms with Crippen LogP contribution in [-0.2, 0) is 0 Å². The molecule has 0 fully saturated rings. The van der Waals surface area contributed by atoms with Crippen LogP contribution in [0.4, 0.5) is 0 Å². The van der Waals surface area contributed by atoms with Crippen LogP contribution in [0.5, 0.6) is 5.75 Å². The van der Waals surface area contributed by atoms with Crippen LogP contribution in [0.25, 0.3) is 28.5 Å². The van der Waals surface area contributed by atoms with E-state index in [-0.39, 0.29) is 11.7 Å². The molecule has 2 aromatic heterocycles. The normalized spacial score (nSPS) is 15.8. The Hall–Kier alpha value is -3.74. The minimum Gasteiger partial charge on any atom is -0.480 e. The Balaban J connectivity index is 1.48. The van der Waals surface area contributed by atoms with Crippen molar-refractivity contribution in [2.45, 2.75) is 6.10 Å². The summed E-state index contributed by atoms with van der Waals surface area (Å²) in [6, 6.07) is 25.2. The zero-order valence-electron chi connectivity index (χ0n) is 17.2. The second kappa shape index (κ2) is 7.99. The topological polar surface area (TPSA) is 56.5 Å². The van der Waals surface area contributed by atoms with Gasteiger partial charge in [0.1, 0.15) is 11.9 Å². The molecular weight excluding hydrogens is 454 g/mol. The number of para-hydroxylation sites is 1. The standard InChI is InChI=1S/C26H16ClN3O2S/c27-20-12-6-5-11-19(20)24-28-26-30(29-24)25(31)22(33-26)15-18-14-17-10-4-7-13-21(17)32-23(18)16-8-2-1-3-9-16/h1-15,23H/b22-15+. The molecule has 0 amide bonds. The summed E-state index contributed by atoms with van der Waals surface area (Å²) in [6.45, 7) is 0. The van der Waals surface area contributed by atoms with Crippen LogP contribution >= 0.6 is 22.9 Å². The van der Waals surface area contributed by atoms with E-state index in [4.69, 9.17) is 16.3 Å². The number of hydrogen-bond donors (Lipinski definition) is 0. The average Bonchev–Trinajstić information content (AvgIpc) is 3.38. The van der Waals surface area contributed by atoms with Crippen molar-refractivity contribution in [1.29, 1.82) is 0 Å². The first-order valence-electron chi connectivity index (χ1n) is 10.4. The van der Waals surface area contributed by atoms with Gasteiger partial charge >= 0.3 is 0 Å². The van der Waals surface area contributed by atoms with E-state index in [0.717, 1.165) is 22.4 Å². The first-order chi connectivity index (χ1) is 16.2. The second-order valence-electron chi connectivity index (χ2n) is 7.62. The SMILES string of the molecule is O=c1/c(=C\C2=Cc3ccccc3OC2c2ccccc2)sc2nc(-c3ccccc3Cl)nn12. The van der Waals surface area contributed by atoms with Gasteiger partial charge in [0.15, 0.2) is 5.82 Å². The van der Waals surface area contributed by atoms with Gasteiger partial charge in [0.05, 0.1) is 9.55 Å². The summed E-state index contributed by atoms with van der Waals surface area (Å²) in [5, 5.41) is 4.96. The van der Waals surface area contributed by atoms with Gasteiger partial charge in [0, 0.05) is 11.1 Å². The molecule has 1 atom stereocenters. The Morgan fingerprint density at radius 2 is 1.73 bits per heavy atom. The van der Waals surface area contributed by atoms with Gasteiger partial charge in [-0.2, -0.15) is 9.50 Å². The molecule has 6 rings (SSSR count). The smallest absolute Gasteiger partial charge is 0.291 e. The zero-order chi connectivity index (χ0) is 22.4. The van der Waals surface area contributed by atoms with Crippen molar-refractivity contribution in [3.63, 3.8) is 0 Å². The van der Waals surface area contributed by atoms with E-state index in [9.17, 15) is 4.79 Å². The van der Waals surface area contributed by atoms with E-state index in [0.29, 0.717) is 25.9 Å². The minimum absolute atomic E-state index is 0.215. The van der Waals surface area contributed by atoms with E-state index in [2.05, 4.69) is 16.2 Å². The number of thiazole rings is 1. The molecule has 0 N–H and O–H groups in total. The molecule has 0 aliphatic carbocycles. The maximum absolute atomic E-state index is 13.2. The number of fused-ring (bicyclic) bond motifs is 2. The highest BCUT2D eigenvalue weighted by molar-refractivity contribution is 7.15. The molecule has 0 saturated heterocycles. The molecule has 5 nitrogen and oxygen atoms in total. The lowest BCUT2D eigenvalue weighted by molar-refractivity contribution is 0.244. The molecule has 0 radical (unpaired) electrons. The highest BCUT2D eigenvalue weighted by atomic mass is 35.5. The predicted octanol–water partition coefficient (Wildman–Crippen LogP) is 5.19. The monoisotopic (exact) mass is 469 g/mol. The van der Waals surface area contributed by atoms with Crippen LogP contribution in [0.3, 0.4) is 0 Å². The van der Waals surface area contributed by atoms with E-state index < -0.39 is 0 Å². The zero-order valence-corrected chi connectivity index (χ0v) is 18.8. The molecule has 3 aromatic carbocycles. The summed E-state index contributed by atoms with van der Waals surface area (Å²) < 4.78 is 8.22. The summed E-state index contributed by atoms with van der Waals surface area (Å²) in [7, 11) is 0. The summed E-state index contributed by atoms with van der Waals surface area (Å²) in [4.78, 5) is 18.2. The fourth-order valence-electron chi connectivity index (χ4n) is 3.90. The lowest BCUT2D eigenvalue weighted by Gasteiger charge is -2.26. The molecule has 1 aliphatic rings. The van der Waals surface area contributed by atoms with Gasteiger partial charge in [-0.25, -0.2) is 0 Å². The van der Waals surface area contributed by atoms with Gasteiger partial charge in [-0.05, 0) is 41.5 Å². The van der Waals surface area contributed by atoms with Crippen LogP contribution in [0.15, 0.2) is 89.2 Å². The molecular formula is C26H16ClN3O2S. The van der Waals surface area contributed by atoms with E-state index in [1.165, 1.54) is 15.9 Å². The predicted molar refractivity (Wildman–Crippen MR) is 131 cm³/mol. The average molecular weight is 470 g/mol. The Morgan fingerprint density at radius 3 is 2.55 bits per heavy atom. The first kappa shape index (κ1) is 19.9. The van der Waals surface area contributed by atoms with Gasteiger partial charge in [0.2, 0.25) is 4.96 Å². The minimum atomic E-state index is -0.318. The highest BCUT2D eigenvalue weighted by Gasteiger charge is 2.23. The maximum Gasteiger partial charge on any atom is 0.291 e. The molecule has 0 saturated carbocycles. The van der Waals surface area contributed by atoms with Crippen LogP contribution in [0.1, 0.15) is 17.2 Å². The third-order valence-electron chi connectivity index (χ3n) is 5.49. The lowest BCUT2D eigenvalue weighted by atomic mass is 9.96. The third kappa shape index (κ3) is 3.53. The van der Waals surface area contributed by atoms with Crippen LogP contribution in [0, 0.1) is 0 Å². The van der Waals surface area contributed by atoms with E-state index >= 15 is 0 Å². The van der Waals surface area contributed by atoms with Crippen molar-refractivity contribution in [2.24, 2.45) is 0 Å². The van der Waals surface area contributed by atoms with Crippen molar-refractivity contribution in [3.05, 3.63) is 115 Å². The third-order valence-corrected chi connectivity index (χ3v) is 6.77. The lowest BCUT2D eigenvalue weighted by Crippen LogP contribution is -2.25. The molecule has 3 heterocycles. The van der Waals surface area contributed by atoms with Gasteiger partial charge in [0.25, 0.3) is 5.56 Å². The molecule has 0 spiro atoms. The van der Waals surface area contributed by atoms with Crippen molar-refractivity contribution in [1.82, 2.24) is 14.6 Å². The van der Waals surface area contributed by atoms with E-state index in [1.807, 2.05) is 78.9 Å². The maximum atomic E-state index is 13.2. The summed E-state index contributed by atoms with van der Waals surface area (Å²) in [5.41, 5.74) is 3.37. The number of rotatable bonds is 3. The van der Waals surface area contributed by atoms with Crippen molar-refractivity contribution < 1.29 is 4.74 Å². The van der Waals surface area contributed by atoms with Crippen LogP contribution in [0.2, 0.25) is 5.02 Å². The van der Waals surface area contributed by atoms with Crippen molar-refractivity contribution in [3.8, 4) is 17.1 Å². The van der Waals surface area contributed by atoms with Crippen LogP contribution < -0.4 is 14.8 Å². The molecule has 160 valence electrons. The first-order valence-corrected chi connectivity index (χ1v) is 11.6. The fraction of sp³-hybridized carbons (Fsp3) is 0.0385. The fourth-order valence-corrected chi connectivity index (χ4v) is 5.03.